The second-order valence-corrected chi connectivity index (χ2v) is 25.5. The summed E-state index contributed by atoms with van der Waals surface area (Å²) in [5.74, 6) is 0. The number of hydrogen-bond acceptors (Lipinski definition) is 4. The molecule has 2 aliphatic heterocycles. The molecule has 2 aliphatic rings. The molecule has 0 N–H and O–H groups in total. The highest BCUT2D eigenvalue weighted by molar-refractivity contribution is 7.33. The van der Waals surface area contributed by atoms with Gasteiger partial charge in [-0.2, -0.15) is 0 Å². The van der Waals surface area contributed by atoms with Gasteiger partial charge in [-0.1, -0.05) is 224 Å². The van der Waals surface area contributed by atoms with Crippen LogP contribution in [0.15, 0.2) is 243 Å². The van der Waals surface area contributed by atoms with E-state index in [1.54, 1.807) is 0 Å². The number of benzene rings is 13. The Balaban J connectivity index is 1.01. The normalized spacial score (nSPS) is 13.2. The van der Waals surface area contributed by atoms with E-state index in [9.17, 15) is 0 Å². The summed E-state index contributed by atoms with van der Waals surface area (Å²) in [7, 11) is 0. The van der Waals surface area contributed by atoms with Crippen LogP contribution in [0, 0.1) is 0 Å². The first kappa shape index (κ1) is 47.8. The van der Waals surface area contributed by atoms with Crippen LogP contribution >= 0.6 is 11.3 Å². The fourth-order valence-electron chi connectivity index (χ4n) is 13.7. The summed E-state index contributed by atoms with van der Waals surface area (Å²) in [5, 5.41) is 13.8. The Bertz CT molecular complexity index is 4870. The zero-order valence-corrected chi connectivity index (χ0v) is 47.2. The molecule has 0 saturated carbocycles. The Hall–Kier alpha value is -9.16. The lowest BCUT2D eigenvalue weighted by atomic mass is 9.36. The minimum absolute atomic E-state index is 0.0179. The standard InChI is InChI=1S/C76H58BN3S/c1-75(2,3)52-37-39-54(40-38-52)78-66-46-55(79(63-33-18-22-48-20-8-10-27-57(48)63)65-43-51-25-15-23-49-35-36-50-24-17-31-60(65)71(50)70(49)51)41-42-62(66)77-72-67(78)44-53(76(4,5)6)45-68(72)80(73-61-29-12-14-34-69(61)81-74(73)77)64-32-13-11-28-59(64)58-30-16-21-47-19-7-9-26-56(47)58/h7-46H,1-6H3. The predicted molar refractivity (Wildman–Crippen MR) is 352 cm³/mol. The van der Waals surface area contributed by atoms with Crippen LogP contribution in [-0.2, 0) is 10.8 Å². The second kappa shape index (κ2) is 17.7. The van der Waals surface area contributed by atoms with Gasteiger partial charge in [0.25, 0.3) is 6.71 Å². The third-order valence-electron chi connectivity index (χ3n) is 17.6. The van der Waals surface area contributed by atoms with E-state index < -0.39 is 0 Å². The maximum Gasteiger partial charge on any atom is 0.264 e. The van der Waals surface area contributed by atoms with E-state index in [-0.39, 0.29) is 17.5 Å². The van der Waals surface area contributed by atoms with Crippen LogP contribution in [-0.4, -0.2) is 6.71 Å². The van der Waals surface area contributed by atoms with Gasteiger partial charge in [-0.25, -0.2) is 0 Å². The number of anilines is 9. The molecular weight excluding hydrogens is 998 g/mol. The number of thiophene rings is 1. The van der Waals surface area contributed by atoms with E-state index in [1.165, 1.54) is 130 Å². The average Bonchev–Trinajstić information content (AvgIpc) is 3.77. The summed E-state index contributed by atoms with van der Waals surface area (Å²) in [4.78, 5) is 7.85. The summed E-state index contributed by atoms with van der Waals surface area (Å²) in [6.07, 6.45) is 0. The van der Waals surface area contributed by atoms with Crippen molar-refractivity contribution in [1.82, 2.24) is 0 Å². The topological polar surface area (TPSA) is 9.72 Å². The highest BCUT2D eigenvalue weighted by Crippen LogP contribution is 2.53. The lowest BCUT2D eigenvalue weighted by Crippen LogP contribution is -2.60. The van der Waals surface area contributed by atoms with Gasteiger partial charge in [-0.05, 0) is 142 Å². The molecule has 81 heavy (non-hydrogen) atoms. The molecule has 0 bridgehead atoms. The van der Waals surface area contributed by atoms with Crippen LogP contribution in [0.25, 0.3) is 75.1 Å². The number of hydrogen-bond donors (Lipinski definition) is 0. The lowest BCUT2D eigenvalue weighted by Gasteiger charge is -2.45. The van der Waals surface area contributed by atoms with Gasteiger partial charge >= 0.3 is 0 Å². The third-order valence-corrected chi connectivity index (χ3v) is 18.9. The van der Waals surface area contributed by atoms with Crippen molar-refractivity contribution in [2.45, 2.75) is 52.4 Å². The van der Waals surface area contributed by atoms with Gasteiger partial charge in [0.15, 0.2) is 0 Å². The zero-order chi connectivity index (χ0) is 54.5. The molecule has 14 aromatic rings. The summed E-state index contributed by atoms with van der Waals surface area (Å²) < 4.78 is 2.64. The molecule has 13 aromatic carbocycles. The Kier molecular flexibility index (Phi) is 10.4. The Morgan fingerprint density at radius 1 is 0.383 bits per heavy atom. The quantitative estimate of drug-likeness (QED) is 0.121. The average molecular weight is 1060 g/mol. The molecule has 0 aliphatic carbocycles. The van der Waals surface area contributed by atoms with Crippen molar-refractivity contribution in [2.75, 3.05) is 14.7 Å². The van der Waals surface area contributed by atoms with E-state index in [0.717, 1.165) is 22.7 Å². The monoisotopic (exact) mass is 1060 g/mol. The van der Waals surface area contributed by atoms with Crippen molar-refractivity contribution in [2.24, 2.45) is 0 Å². The molecule has 0 atom stereocenters. The zero-order valence-electron chi connectivity index (χ0n) is 46.4. The maximum atomic E-state index is 2.66. The van der Waals surface area contributed by atoms with Gasteiger partial charge in [-0.3, -0.25) is 0 Å². The molecular formula is C76H58BN3S. The number of nitrogens with zero attached hydrogens (tertiary/aromatic N) is 3. The minimum atomic E-state index is -0.193. The molecule has 386 valence electrons. The van der Waals surface area contributed by atoms with Crippen LogP contribution in [0.2, 0.25) is 0 Å². The van der Waals surface area contributed by atoms with Crippen molar-refractivity contribution in [3.05, 3.63) is 254 Å². The molecule has 0 spiro atoms. The highest BCUT2D eigenvalue weighted by atomic mass is 32.1. The number of para-hydroxylation sites is 1. The highest BCUT2D eigenvalue weighted by Gasteiger charge is 2.46. The van der Waals surface area contributed by atoms with Gasteiger partial charge in [0.1, 0.15) is 0 Å². The van der Waals surface area contributed by atoms with Crippen molar-refractivity contribution in [1.29, 1.82) is 0 Å². The molecule has 0 radical (unpaired) electrons. The summed E-state index contributed by atoms with van der Waals surface area (Å²) in [6, 6.07) is 92.1. The maximum absolute atomic E-state index is 2.66. The molecule has 1 aromatic heterocycles. The van der Waals surface area contributed by atoms with Gasteiger partial charge < -0.3 is 14.7 Å². The van der Waals surface area contributed by atoms with Gasteiger partial charge in [0.05, 0.1) is 22.7 Å². The fourth-order valence-corrected chi connectivity index (χ4v) is 15.0. The van der Waals surface area contributed by atoms with Crippen LogP contribution < -0.4 is 30.4 Å². The van der Waals surface area contributed by atoms with Crippen molar-refractivity contribution in [3.8, 4) is 11.1 Å². The summed E-state index contributed by atoms with van der Waals surface area (Å²) >= 11 is 1.96. The smallest absolute Gasteiger partial charge is 0.264 e. The van der Waals surface area contributed by atoms with Crippen LogP contribution in [0.5, 0.6) is 0 Å². The van der Waals surface area contributed by atoms with E-state index in [0.29, 0.717) is 0 Å². The third kappa shape index (κ3) is 7.27. The molecule has 3 heterocycles. The summed E-state index contributed by atoms with van der Waals surface area (Å²) in [6.45, 7) is 14.0. The van der Waals surface area contributed by atoms with Crippen molar-refractivity contribution in [3.63, 3.8) is 0 Å². The molecule has 16 rings (SSSR count). The van der Waals surface area contributed by atoms with Gasteiger partial charge in [-0.15, -0.1) is 11.3 Å². The SMILES string of the molecule is CC(C)(C)c1ccc(N2c3cc(N(c4cccc5ccccc45)c4cc5cccc6ccc7cccc4c7c65)ccc3B3c4sc5ccccc5c4N(c4ccccc4-c4cccc5ccccc45)c4cc(C(C)(C)C)cc2c43)cc1. The molecule has 0 unspecified atom stereocenters. The Morgan fingerprint density at radius 3 is 1.74 bits per heavy atom. The second-order valence-electron chi connectivity index (χ2n) is 24.5. The van der Waals surface area contributed by atoms with Gasteiger partial charge in [0.2, 0.25) is 0 Å². The molecule has 3 nitrogen and oxygen atoms in total. The van der Waals surface area contributed by atoms with E-state index in [1.807, 2.05) is 11.3 Å². The largest absolute Gasteiger partial charge is 0.311 e. The summed E-state index contributed by atoms with van der Waals surface area (Å²) in [5.41, 5.74) is 18.0. The fraction of sp³-hybridized carbons (Fsp3) is 0.105. The minimum Gasteiger partial charge on any atom is -0.311 e. The molecule has 5 heteroatoms. The van der Waals surface area contributed by atoms with Crippen LogP contribution in [0.4, 0.5) is 51.2 Å². The van der Waals surface area contributed by atoms with Crippen LogP contribution in [0.3, 0.4) is 0 Å². The lowest BCUT2D eigenvalue weighted by molar-refractivity contribution is 0.590. The van der Waals surface area contributed by atoms with E-state index in [2.05, 4.69) is 299 Å². The van der Waals surface area contributed by atoms with Crippen molar-refractivity contribution < 1.29 is 0 Å². The van der Waals surface area contributed by atoms with Gasteiger partial charge in [0, 0.05) is 59.6 Å². The first-order valence-corrected chi connectivity index (χ1v) is 29.3. The predicted octanol–water partition coefficient (Wildman–Crippen LogP) is 19.9. The molecule has 0 saturated heterocycles. The van der Waals surface area contributed by atoms with E-state index in [4.69, 9.17) is 0 Å². The molecule has 0 amide bonds. The Labute approximate surface area is 478 Å². The first-order chi connectivity index (χ1) is 39.5. The number of fused-ring (bicyclic) bond motifs is 8. The molecule has 0 fully saturated rings. The first-order valence-electron chi connectivity index (χ1n) is 28.5. The number of rotatable bonds is 6. The van der Waals surface area contributed by atoms with Crippen LogP contribution in [0.1, 0.15) is 52.7 Å². The van der Waals surface area contributed by atoms with E-state index >= 15 is 0 Å². The Morgan fingerprint density at radius 2 is 0.963 bits per heavy atom. The van der Waals surface area contributed by atoms with Crippen molar-refractivity contribution >= 4 is 149 Å².